The number of hydrogen-bond donors (Lipinski definition) is 1. The maximum absolute atomic E-state index is 12.6. The highest BCUT2D eigenvalue weighted by molar-refractivity contribution is 6.05. The third kappa shape index (κ3) is 3.17. The number of aromatic nitrogens is 2. The van der Waals surface area contributed by atoms with E-state index >= 15 is 0 Å². The van der Waals surface area contributed by atoms with Gasteiger partial charge >= 0.3 is 5.63 Å². The number of carbonyl (C=O) groups is 1. The second-order valence-corrected chi connectivity index (χ2v) is 6.61. The lowest BCUT2D eigenvalue weighted by atomic mass is 10.1. The van der Waals surface area contributed by atoms with Gasteiger partial charge in [0.2, 0.25) is 0 Å². The smallest absolute Gasteiger partial charge is 0.349 e. The van der Waals surface area contributed by atoms with Crippen molar-refractivity contribution in [2.24, 2.45) is 0 Å². The Kier molecular flexibility index (Phi) is 3.95. The number of amides is 1. The van der Waals surface area contributed by atoms with Gasteiger partial charge in [-0.3, -0.25) is 4.79 Å². The Morgan fingerprint density at radius 1 is 0.966 bits per heavy atom. The maximum atomic E-state index is 12.6. The zero-order valence-electron chi connectivity index (χ0n) is 15.2. The van der Waals surface area contributed by atoms with Crippen molar-refractivity contribution in [1.29, 1.82) is 0 Å². The van der Waals surface area contributed by atoms with Crippen LogP contribution in [0.2, 0.25) is 0 Å². The van der Waals surface area contributed by atoms with Crippen molar-refractivity contribution in [1.82, 2.24) is 9.38 Å². The quantitative estimate of drug-likeness (QED) is 0.471. The largest absolute Gasteiger partial charge is 0.422 e. The number of rotatable bonds is 3. The number of anilines is 1. The van der Waals surface area contributed by atoms with Gasteiger partial charge in [0.15, 0.2) is 0 Å². The molecule has 0 unspecified atom stereocenters. The van der Waals surface area contributed by atoms with Crippen LogP contribution >= 0.6 is 0 Å². The lowest BCUT2D eigenvalue weighted by molar-refractivity contribution is 0.102. The molecule has 3 aromatic heterocycles. The highest BCUT2D eigenvalue weighted by atomic mass is 16.4. The fourth-order valence-corrected chi connectivity index (χ4v) is 3.22. The average molecular weight is 381 g/mol. The Balaban J connectivity index is 1.40. The monoisotopic (exact) mass is 381 g/mol. The molecule has 0 spiro atoms. The Morgan fingerprint density at radius 2 is 1.76 bits per heavy atom. The fraction of sp³-hybridized carbons (Fsp3) is 0. The van der Waals surface area contributed by atoms with E-state index in [1.807, 2.05) is 53.2 Å². The topological polar surface area (TPSA) is 76.6 Å². The summed E-state index contributed by atoms with van der Waals surface area (Å²) in [7, 11) is 0. The summed E-state index contributed by atoms with van der Waals surface area (Å²) in [5, 5.41) is 3.44. The van der Waals surface area contributed by atoms with Gasteiger partial charge in [-0.05, 0) is 36.4 Å². The highest BCUT2D eigenvalue weighted by Crippen LogP contribution is 2.22. The molecule has 0 fully saturated rings. The first-order valence-electron chi connectivity index (χ1n) is 9.06. The van der Waals surface area contributed by atoms with E-state index in [0.29, 0.717) is 16.7 Å². The van der Waals surface area contributed by atoms with Gasteiger partial charge in [-0.1, -0.05) is 36.4 Å². The van der Waals surface area contributed by atoms with Crippen LogP contribution in [0, 0.1) is 0 Å². The Hall–Kier alpha value is -4.19. The SMILES string of the molecule is O=C(Nc1ccc(-c2cn3ccccc3n2)cc1)c1cc2ccccc2oc1=O. The van der Waals surface area contributed by atoms with Crippen LogP contribution < -0.4 is 10.9 Å². The molecule has 0 saturated carbocycles. The average Bonchev–Trinajstić information content (AvgIpc) is 3.18. The molecule has 0 aliphatic carbocycles. The van der Waals surface area contributed by atoms with Crippen molar-refractivity contribution in [3.8, 4) is 11.3 Å². The van der Waals surface area contributed by atoms with E-state index in [2.05, 4.69) is 10.3 Å². The van der Waals surface area contributed by atoms with Crippen molar-refractivity contribution < 1.29 is 9.21 Å². The van der Waals surface area contributed by atoms with Crippen LogP contribution in [-0.4, -0.2) is 15.3 Å². The molecule has 5 aromatic rings. The van der Waals surface area contributed by atoms with Crippen molar-refractivity contribution in [2.45, 2.75) is 0 Å². The van der Waals surface area contributed by atoms with Crippen LogP contribution in [0.3, 0.4) is 0 Å². The summed E-state index contributed by atoms with van der Waals surface area (Å²) in [4.78, 5) is 29.3. The van der Waals surface area contributed by atoms with E-state index in [1.54, 1.807) is 36.4 Å². The lowest BCUT2D eigenvalue weighted by Crippen LogP contribution is -2.20. The van der Waals surface area contributed by atoms with Crippen LogP contribution in [0.4, 0.5) is 5.69 Å². The third-order valence-corrected chi connectivity index (χ3v) is 4.69. The predicted molar refractivity (Wildman–Crippen MR) is 111 cm³/mol. The Labute approximate surface area is 165 Å². The van der Waals surface area contributed by atoms with E-state index in [1.165, 1.54) is 0 Å². The molecule has 0 bridgehead atoms. The Bertz CT molecular complexity index is 1380. The minimum Gasteiger partial charge on any atom is -0.422 e. The predicted octanol–water partition coefficient (Wildman–Crippen LogP) is 4.36. The van der Waals surface area contributed by atoms with E-state index in [-0.39, 0.29) is 5.56 Å². The first-order chi connectivity index (χ1) is 14.2. The standard InChI is InChI=1S/C23H15N3O3/c27-22(18-13-16-5-1-2-6-20(16)29-23(18)28)24-17-10-8-15(9-11-17)19-14-26-12-4-3-7-21(26)25-19/h1-14H,(H,24,27). The van der Waals surface area contributed by atoms with Gasteiger partial charge in [-0.25, -0.2) is 9.78 Å². The third-order valence-electron chi connectivity index (χ3n) is 4.69. The zero-order valence-corrected chi connectivity index (χ0v) is 15.2. The summed E-state index contributed by atoms with van der Waals surface area (Å²) in [6.45, 7) is 0. The van der Waals surface area contributed by atoms with Gasteiger partial charge in [-0.15, -0.1) is 0 Å². The second-order valence-electron chi connectivity index (χ2n) is 6.61. The Morgan fingerprint density at radius 3 is 2.59 bits per heavy atom. The molecule has 6 nitrogen and oxygen atoms in total. The van der Waals surface area contributed by atoms with Crippen molar-refractivity contribution in [2.75, 3.05) is 5.32 Å². The molecule has 0 saturated heterocycles. The minimum absolute atomic E-state index is 0.0341. The zero-order chi connectivity index (χ0) is 19.8. The van der Waals surface area contributed by atoms with Gasteiger partial charge in [-0.2, -0.15) is 0 Å². The molecule has 3 heterocycles. The fourth-order valence-electron chi connectivity index (χ4n) is 3.22. The molecule has 29 heavy (non-hydrogen) atoms. The number of nitrogens with zero attached hydrogens (tertiary/aromatic N) is 2. The molecule has 1 N–H and O–H groups in total. The van der Waals surface area contributed by atoms with Gasteiger partial charge in [0.25, 0.3) is 5.91 Å². The maximum Gasteiger partial charge on any atom is 0.349 e. The second kappa shape index (κ2) is 6.76. The first-order valence-corrected chi connectivity index (χ1v) is 9.06. The molecule has 2 aromatic carbocycles. The summed E-state index contributed by atoms with van der Waals surface area (Å²) in [5.74, 6) is -0.509. The van der Waals surface area contributed by atoms with Crippen molar-refractivity contribution in [3.05, 3.63) is 101 Å². The molecule has 5 rings (SSSR count). The number of carbonyl (C=O) groups excluding carboxylic acids is 1. The van der Waals surface area contributed by atoms with Crippen LogP contribution in [-0.2, 0) is 0 Å². The molecule has 0 aliphatic rings. The molecular weight excluding hydrogens is 366 g/mol. The summed E-state index contributed by atoms with van der Waals surface area (Å²) >= 11 is 0. The van der Waals surface area contributed by atoms with E-state index in [0.717, 1.165) is 16.9 Å². The summed E-state index contributed by atoms with van der Waals surface area (Å²) in [6, 6.07) is 21.7. The number of para-hydroxylation sites is 1. The van der Waals surface area contributed by atoms with Crippen LogP contribution in [0.5, 0.6) is 0 Å². The van der Waals surface area contributed by atoms with Crippen molar-refractivity contribution in [3.63, 3.8) is 0 Å². The van der Waals surface area contributed by atoms with Gasteiger partial charge < -0.3 is 14.1 Å². The summed E-state index contributed by atoms with van der Waals surface area (Å²) < 4.78 is 7.18. The number of fused-ring (bicyclic) bond motifs is 2. The normalized spacial score (nSPS) is 11.0. The van der Waals surface area contributed by atoms with E-state index < -0.39 is 11.5 Å². The van der Waals surface area contributed by atoms with E-state index in [9.17, 15) is 9.59 Å². The summed E-state index contributed by atoms with van der Waals surface area (Å²) in [6.07, 6.45) is 3.89. The van der Waals surface area contributed by atoms with Crippen LogP contribution in [0.1, 0.15) is 10.4 Å². The highest BCUT2D eigenvalue weighted by Gasteiger charge is 2.14. The molecule has 0 radical (unpaired) electrons. The number of imidazole rings is 1. The number of hydrogen-bond acceptors (Lipinski definition) is 4. The number of pyridine rings is 1. The number of benzene rings is 2. The van der Waals surface area contributed by atoms with Gasteiger partial charge in [0.1, 0.15) is 16.8 Å². The first kappa shape index (κ1) is 16.9. The van der Waals surface area contributed by atoms with Gasteiger partial charge in [0.05, 0.1) is 5.69 Å². The van der Waals surface area contributed by atoms with E-state index in [4.69, 9.17) is 4.42 Å². The van der Waals surface area contributed by atoms with Crippen molar-refractivity contribution >= 4 is 28.2 Å². The molecule has 1 amide bonds. The molecular formula is C23H15N3O3. The molecule has 0 aliphatic heterocycles. The molecule has 0 atom stereocenters. The molecule has 6 heteroatoms. The summed E-state index contributed by atoms with van der Waals surface area (Å²) in [5.41, 5.74) is 2.96. The molecule has 140 valence electrons. The minimum atomic E-state index is -0.664. The van der Waals surface area contributed by atoms with Gasteiger partial charge in [0, 0.05) is 29.0 Å². The lowest BCUT2D eigenvalue weighted by Gasteiger charge is -2.06. The number of nitrogens with one attached hydrogen (secondary N) is 1. The van der Waals surface area contributed by atoms with Crippen LogP contribution in [0.15, 0.2) is 94.4 Å². The van der Waals surface area contributed by atoms with Crippen LogP contribution in [0.25, 0.3) is 27.9 Å².